The van der Waals surface area contributed by atoms with Crippen LogP contribution in [0.4, 0.5) is 11.4 Å². The summed E-state index contributed by atoms with van der Waals surface area (Å²) in [5.41, 5.74) is 1.35. The molecule has 132 valence electrons. The molecule has 1 heterocycles. The summed E-state index contributed by atoms with van der Waals surface area (Å²) >= 11 is 0. The number of carbonyl (C=O) groups excluding carboxylic acids is 1. The first-order valence-corrected chi connectivity index (χ1v) is 8.52. The fourth-order valence-electron chi connectivity index (χ4n) is 2.85. The molecule has 0 radical (unpaired) electrons. The van der Waals surface area contributed by atoms with Crippen molar-refractivity contribution in [3.05, 3.63) is 64.5 Å². The van der Waals surface area contributed by atoms with E-state index in [4.69, 9.17) is 0 Å². The van der Waals surface area contributed by atoms with Gasteiger partial charge in [-0.3, -0.25) is 14.9 Å². The molecule has 0 bridgehead atoms. The number of pyridine rings is 1. The van der Waals surface area contributed by atoms with Crippen LogP contribution in [0, 0.1) is 10.1 Å². The van der Waals surface area contributed by atoms with Crippen LogP contribution in [0.1, 0.15) is 51.1 Å². The summed E-state index contributed by atoms with van der Waals surface area (Å²) in [5, 5.41) is 13.7. The Bertz CT molecular complexity index is 740. The van der Waals surface area contributed by atoms with Crippen LogP contribution in [0.25, 0.3) is 0 Å². The van der Waals surface area contributed by atoms with Crippen molar-refractivity contribution in [1.29, 1.82) is 0 Å². The summed E-state index contributed by atoms with van der Waals surface area (Å²) in [5.74, 6) is 0.223. The van der Waals surface area contributed by atoms with Crippen LogP contribution in [0.15, 0.2) is 48.8 Å². The molecule has 2 rings (SSSR count). The number of nitrogens with zero attached hydrogens (tertiary/aromatic N) is 2. The molecule has 0 aliphatic heterocycles. The summed E-state index contributed by atoms with van der Waals surface area (Å²) < 4.78 is 1.80. The van der Waals surface area contributed by atoms with Crippen molar-refractivity contribution in [2.45, 2.75) is 45.6 Å². The summed E-state index contributed by atoms with van der Waals surface area (Å²) in [6.45, 7) is 6.09. The molecule has 0 saturated carbocycles. The fraction of sp³-hybridized carbons (Fsp3) is 0.368. The smallest absolute Gasteiger partial charge is 0.293 e. The Labute approximate surface area is 147 Å². The van der Waals surface area contributed by atoms with Gasteiger partial charge in [0.25, 0.3) is 11.6 Å². The standard InChI is InChI=1S/C19H23N3O3/c1-4-15(5-2)16-10-12-21(13-11-16)14(3)19(23)20-17-8-6-7-9-18(17)22(24)25/h6-15H,4-5H2,1-3H3/p+1/t14-/m0/s1. The Morgan fingerprint density at radius 2 is 1.76 bits per heavy atom. The van der Waals surface area contributed by atoms with E-state index in [1.165, 1.54) is 17.7 Å². The summed E-state index contributed by atoms with van der Waals surface area (Å²) in [4.78, 5) is 23.0. The van der Waals surface area contributed by atoms with Crippen molar-refractivity contribution < 1.29 is 14.3 Å². The van der Waals surface area contributed by atoms with Crippen molar-refractivity contribution in [3.63, 3.8) is 0 Å². The molecule has 0 spiro atoms. The van der Waals surface area contributed by atoms with E-state index >= 15 is 0 Å². The number of nitro groups is 1. The monoisotopic (exact) mass is 342 g/mol. The van der Waals surface area contributed by atoms with E-state index in [1.807, 2.05) is 24.5 Å². The highest BCUT2D eigenvalue weighted by atomic mass is 16.6. The van der Waals surface area contributed by atoms with Gasteiger partial charge in [-0.1, -0.05) is 26.0 Å². The molecule has 0 aliphatic carbocycles. The minimum atomic E-state index is -0.502. The molecule has 0 aliphatic rings. The topological polar surface area (TPSA) is 76.1 Å². The second kappa shape index (κ2) is 8.37. The lowest BCUT2D eigenvalue weighted by Crippen LogP contribution is -2.44. The Kier molecular flexibility index (Phi) is 6.22. The van der Waals surface area contributed by atoms with Gasteiger partial charge in [0, 0.05) is 25.1 Å². The van der Waals surface area contributed by atoms with Gasteiger partial charge in [-0.05, 0) is 30.4 Å². The van der Waals surface area contributed by atoms with E-state index in [0.717, 1.165) is 12.8 Å². The largest absolute Gasteiger partial charge is 0.315 e. The molecule has 1 N–H and O–H groups in total. The molecule has 1 aromatic heterocycles. The molecule has 6 nitrogen and oxygen atoms in total. The van der Waals surface area contributed by atoms with Crippen molar-refractivity contribution in [2.24, 2.45) is 0 Å². The SMILES string of the molecule is CCC(CC)c1cc[n+]([C@@H](C)C(=O)Nc2ccccc2[N+](=O)[O-])cc1. The van der Waals surface area contributed by atoms with Gasteiger partial charge in [-0.15, -0.1) is 0 Å². The number of benzene rings is 1. The zero-order valence-electron chi connectivity index (χ0n) is 14.8. The van der Waals surface area contributed by atoms with Crippen LogP contribution < -0.4 is 9.88 Å². The van der Waals surface area contributed by atoms with E-state index in [1.54, 1.807) is 23.6 Å². The number of para-hydroxylation sites is 2. The minimum absolute atomic E-state index is 0.114. The number of carbonyl (C=O) groups is 1. The average molecular weight is 342 g/mol. The first-order chi connectivity index (χ1) is 12.0. The Morgan fingerprint density at radius 3 is 2.32 bits per heavy atom. The third-order valence-corrected chi connectivity index (χ3v) is 4.52. The van der Waals surface area contributed by atoms with Crippen molar-refractivity contribution >= 4 is 17.3 Å². The molecule has 1 aromatic carbocycles. The summed E-state index contributed by atoms with van der Waals surface area (Å²) in [7, 11) is 0. The third-order valence-electron chi connectivity index (χ3n) is 4.52. The first kappa shape index (κ1) is 18.6. The number of hydrogen-bond acceptors (Lipinski definition) is 3. The Hall–Kier alpha value is -2.76. The molecule has 1 atom stereocenters. The van der Waals surface area contributed by atoms with Crippen LogP contribution in [0.5, 0.6) is 0 Å². The quantitative estimate of drug-likeness (QED) is 0.470. The predicted octanol–water partition coefficient (Wildman–Crippen LogP) is 3.99. The van der Waals surface area contributed by atoms with Crippen LogP contribution in [-0.2, 0) is 4.79 Å². The normalized spacial score (nSPS) is 12.0. The maximum absolute atomic E-state index is 12.5. The molecular formula is C19H24N3O3+. The third kappa shape index (κ3) is 4.41. The molecule has 6 heteroatoms. The van der Waals surface area contributed by atoms with E-state index in [2.05, 4.69) is 19.2 Å². The van der Waals surface area contributed by atoms with Crippen molar-refractivity contribution in [3.8, 4) is 0 Å². The van der Waals surface area contributed by atoms with Gasteiger partial charge in [-0.25, -0.2) is 0 Å². The second-order valence-corrected chi connectivity index (χ2v) is 6.03. The average Bonchev–Trinajstić information content (AvgIpc) is 2.63. The van der Waals surface area contributed by atoms with Gasteiger partial charge in [0.1, 0.15) is 5.69 Å². The molecular weight excluding hydrogens is 318 g/mol. The van der Waals surface area contributed by atoms with Crippen LogP contribution >= 0.6 is 0 Å². The Balaban J connectivity index is 2.14. The Morgan fingerprint density at radius 1 is 1.16 bits per heavy atom. The zero-order valence-corrected chi connectivity index (χ0v) is 14.8. The lowest BCUT2D eigenvalue weighted by molar-refractivity contribution is -0.705. The number of aromatic nitrogens is 1. The van der Waals surface area contributed by atoms with Gasteiger partial charge in [-0.2, -0.15) is 4.57 Å². The van der Waals surface area contributed by atoms with E-state index in [-0.39, 0.29) is 17.3 Å². The van der Waals surface area contributed by atoms with Gasteiger partial charge < -0.3 is 5.32 Å². The lowest BCUT2D eigenvalue weighted by atomic mass is 9.95. The summed E-state index contributed by atoms with van der Waals surface area (Å²) in [6.07, 6.45) is 5.93. The predicted molar refractivity (Wildman–Crippen MR) is 96.4 cm³/mol. The van der Waals surface area contributed by atoms with Crippen molar-refractivity contribution in [1.82, 2.24) is 0 Å². The molecule has 0 unspecified atom stereocenters. The number of hydrogen-bond donors (Lipinski definition) is 1. The highest BCUT2D eigenvalue weighted by molar-refractivity contribution is 5.94. The molecule has 1 amide bonds. The van der Waals surface area contributed by atoms with Crippen LogP contribution in [0.3, 0.4) is 0 Å². The second-order valence-electron chi connectivity index (χ2n) is 6.03. The number of anilines is 1. The van der Waals surface area contributed by atoms with Gasteiger partial charge in [0.15, 0.2) is 12.4 Å². The number of nitro benzene ring substituents is 1. The number of nitrogens with one attached hydrogen (secondary N) is 1. The molecule has 0 saturated heterocycles. The molecule has 2 aromatic rings. The van der Waals surface area contributed by atoms with Crippen LogP contribution in [-0.4, -0.2) is 10.8 Å². The van der Waals surface area contributed by atoms with E-state index in [0.29, 0.717) is 5.92 Å². The minimum Gasteiger partial charge on any atom is -0.315 e. The number of rotatable bonds is 7. The van der Waals surface area contributed by atoms with Gasteiger partial charge in [0.2, 0.25) is 6.04 Å². The molecule has 0 fully saturated rings. The van der Waals surface area contributed by atoms with Crippen LogP contribution in [0.2, 0.25) is 0 Å². The lowest BCUT2D eigenvalue weighted by Gasteiger charge is -2.13. The van der Waals surface area contributed by atoms with Gasteiger partial charge in [0.05, 0.1) is 4.92 Å². The van der Waals surface area contributed by atoms with Gasteiger partial charge >= 0.3 is 0 Å². The van der Waals surface area contributed by atoms with E-state index in [9.17, 15) is 14.9 Å². The summed E-state index contributed by atoms with van der Waals surface area (Å²) in [6, 6.07) is 9.73. The van der Waals surface area contributed by atoms with E-state index < -0.39 is 11.0 Å². The number of amides is 1. The highest BCUT2D eigenvalue weighted by Gasteiger charge is 2.24. The highest BCUT2D eigenvalue weighted by Crippen LogP contribution is 2.24. The fourth-order valence-corrected chi connectivity index (χ4v) is 2.85. The maximum Gasteiger partial charge on any atom is 0.293 e. The molecule has 25 heavy (non-hydrogen) atoms. The van der Waals surface area contributed by atoms with Crippen molar-refractivity contribution in [2.75, 3.05) is 5.32 Å². The zero-order chi connectivity index (χ0) is 18.4. The first-order valence-electron chi connectivity index (χ1n) is 8.52. The maximum atomic E-state index is 12.5.